The average molecular weight is 388 g/mol. The van der Waals surface area contributed by atoms with Gasteiger partial charge in [-0.2, -0.15) is 0 Å². The first-order valence-electron chi connectivity index (χ1n) is 8.91. The molecule has 0 fully saturated rings. The van der Waals surface area contributed by atoms with E-state index in [9.17, 15) is 9.59 Å². The SMILES string of the molecule is COc1ccc(CC(=O)NNC(=O)c2cc3c(s2)CCC(C)C3)cc1OC. The van der Waals surface area contributed by atoms with Gasteiger partial charge >= 0.3 is 0 Å². The molecule has 2 aromatic rings. The van der Waals surface area contributed by atoms with Crippen molar-refractivity contribution < 1.29 is 19.1 Å². The lowest BCUT2D eigenvalue weighted by Gasteiger charge is -2.16. The number of carbonyl (C=O) groups is 2. The largest absolute Gasteiger partial charge is 0.493 e. The topological polar surface area (TPSA) is 76.7 Å². The van der Waals surface area contributed by atoms with Crippen LogP contribution in [0.4, 0.5) is 0 Å². The summed E-state index contributed by atoms with van der Waals surface area (Å²) in [6.07, 6.45) is 3.33. The molecule has 0 radical (unpaired) electrons. The maximum Gasteiger partial charge on any atom is 0.279 e. The molecule has 1 aliphatic carbocycles. The number of thiophene rings is 1. The van der Waals surface area contributed by atoms with Crippen LogP contribution in [-0.2, 0) is 24.1 Å². The molecule has 6 nitrogen and oxygen atoms in total. The van der Waals surface area contributed by atoms with Crippen LogP contribution >= 0.6 is 11.3 Å². The van der Waals surface area contributed by atoms with Crippen LogP contribution in [0.25, 0.3) is 0 Å². The van der Waals surface area contributed by atoms with Gasteiger partial charge in [0.2, 0.25) is 5.91 Å². The normalized spacial score (nSPS) is 15.6. The van der Waals surface area contributed by atoms with Crippen LogP contribution in [0.2, 0.25) is 0 Å². The Morgan fingerprint density at radius 2 is 1.93 bits per heavy atom. The fraction of sp³-hybridized carbons (Fsp3) is 0.400. The number of aryl methyl sites for hydroxylation is 1. The fourth-order valence-corrected chi connectivity index (χ4v) is 4.33. The lowest BCUT2D eigenvalue weighted by molar-refractivity contribution is -0.121. The van der Waals surface area contributed by atoms with Gasteiger partial charge in [-0.25, -0.2) is 0 Å². The lowest BCUT2D eigenvalue weighted by atomic mass is 9.90. The number of rotatable bonds is 5. The van der Waals surface area contributed by atoms with E-state index < -0.39 is 0 Å². The number of fused-ring (bicyclic) bond motifs is 1. The Morgan fingerprint density at radius 1 is 1.15 bits per heavy atom. The molecule has 1 aromatic heterocycles. The summed E-state index contributed by atoms with van der Waals surface area (Å²) >= 11 is 1.52. The Hall–Kier alpha value is -2.54. The van der Waals surface area contributed by atoms with Gasteiger partial charge in [0, 0.05) is 4.88 Å². The van der Waals surface area contributed by atoms with Gasteiger partial charge < -0.3 is 9.47 Å². The molecule has 1 heterocycles. The predicted octanol–water partition coefficient (Wildman–Crippen LogP) is 2.89. The quantitative estimate of drug-likeness (QED) is 0.772. The van der Waals surface area contributed by atoms with E-state index in [1.54, 1.807) is 32.4 Å². The van der Waals surface area contributed by atoms with E-state index >= 15 is 0 Å². The highest BCUT2D eigenvalue weighted by molar-refractivity contribution is 7.14. The van der Waals surface area contributed by atoms with Crippen LogP contribution in [0.15, 0.2) is 24.3 Å². The number of nitrogens with one attached hydrogen (secondary N) is 2. The third-order valence-electron chi connectivity index (χ3n) is 4.68. The zero-order chi connectivity index (χ0) is 19.4. The minimum absolute atomic E-state index is 0.124. The molecular weight excluding hydrogens is 364 g/mol. The van der Waals surface area contributed by atoms with Crippen molar-refractivity contribution in [2.45, 2.75) is 32.6 Å². The number of hydrogen-bond donors (Lipinski definition) is 2. The monoisotopic (exact) mass is 388 g/mol. The number of carbonyl (C=O) groups excluding carboxylic acids is 2. The zero-order valence-corrected chi connectivity index (χ0v) is 16.6. The van der Waals surface area contributed by atoms with Crippen LogP contribution < -0.4 is 20.3 Å². The lowest BCUT2D eigenvalue weighted by Crippen LogP contribution is -2.42. The molecule has 0 spiro atoms. The molecule has 2 amide bonds. The van der Waals surface area contributed by atoms with Crippen LogP contribution in [-0.4, -0.2) is 26.0 Å². The maximum absolute atomic E-state index is 12.3. The number of hydrazine groups is 1. The molecule has 1 aliphatic rings. The molecule has 27 heavy (non-hydrogen) atoms. The van der Waals surface area contributed by atoms with Gasteiger partial charge in [0.25, 0.3) is 5.91 Å². The standard InChI is InChI=1S/C20H24N2O4S/c1-12-4-7-17-14(8-12)11-18(27-17)20(24)22-21-19(23)10-13-5-6-15(25-2)16(9-13)26-3/h5-6,9,11-12H,4,7-8,10H2,1-3H3,(H,21,23)(H,22,24). The molecule has 0 saturated carbocycles. The zero-order valence-electron chi connectivity index (χ0n) is 15.8. The van der Waals surface area contributed by atoms with Gasteiger partial charge in [-0.05, 0) is 54.5 Å². The van der Waals surface area contributed by atoms with E-state index in [0.717, 1.165) is 24.8 Å². The fourth-order valence-electron chi connectivity index (χ4n) is 3.23. The first-order chi connectivity index (χ1) is 13.0. The highest BCUT2D eigenvalue weighted by Crippen LogP contribution is 2.32. The summed E-state index contributed by atoms with van der Waals surface area (Å²) in [6, 6.07) is 7.23. The molecule has 0 bridgehead atoms. The maximum atomic E-state index is 12.3. The Morgan fingerprint density at radius 3 is 2.67 bits per heavy atom. The average Bonchev–Trinajstić information content (AvgIpc) is 3.09. The summed E-state index contributed by atoms with van der Waals surface area (Å²) in [4.78, 5) is 26.4. The summed E-state index contributed by atoms with van der Waals surface area (Å²) < 4.78 is 10.4. The predicted molar refractivity (Wildman–Crippen MR) is 104 cm³/mol. The van der Waals surface area contributed by atoms with E-state index in [4.69, 9.17) is 9.47 Å². The van der Waals surface area contributed by atoms with Crippen LogP contribution in [0.5, 0.6) is 11.5 Å². The van der Waals surface area contributed by atoms with E-state index in [-0.39, 0.29) is 18.2 Å². The smallest absolute Gasteiger partial charge is 0.279 e. The van der Waals surface area contributed by atoms with Crippen molar-refractivity contribution in [1.29, 1.82) is 0 Å². The number of ether oxygens (including phenoxy) is 2. The molecule has 1 atom stereocenters. The van der Waals surface area contributed by atoms with Crippen molar-refractivity contribution >= 4 is 23.2 Å². The Balaban J connectivity index is 1.55. The summed E-state index contributed by atoms with van der Waals surface area (Å²) in [5, 5.41) is 0. The van der Waals surface area contributed by atoms with Crippen LogP contribution in [0.1, 0.15) is 39.0 Å². The van der Waals surface area contributed by atoms with Crippen molar-refractivity contribution in [3.05, 3.63) is 45.1 Å². The molecule has 1 unspecified atom stereocenters. The van der Waals surface area contributed by atoms with Crippen molar-refractivity contribution in [3.63, 3.8) is 0 Å². The van der Waals surface area contributed by atoms with Gasteiger partial charge in [-0.3, -0.25) is 20.4 Å². The molecule has 7 heteroatoms. The summed E-state index contributed by atoms with van der Waals surface area (Å²) in [6.45, 7) is 2.23. The van der Waals surface area contributed by atoms with E-state index in [2.05, 4.69) is 17.8 Å². The summed E-state index contributed by atoms with van der Waals surface area (Å²) in [7, 11) is 3.10. The van der Waals surface area contributed by atoms with Crippen molar-refractivity contribution in [2.24, 2.45) is 5.92 Å². The van der Waals surface area contributed by atoms with Crippen LogP contribution in [0, 0.1) is 5.92 Å². The second kappa shape index (κ2) is 8.43. The van der Waals surface area contributed by atoms with Gasteiger partial charge in [0.05, 0.1) is 25.5 Å². The number of benzene rings is 1. The number of methoxy groups -OCH3 is 2. The van der Waals surface area contributed by atoms with Gasteiger partial charge in [-0.15, -0.1) is 11.3 Å². The van der Waals surface area contributed by atoms with E-state index in [1.807, 2.05) is 6.07 Å². The van der Waals surface area contributed by atoms with Crippen LogP contribution in [0.3, 0.4) is 0 Å². The van der Waals surface area contributed by atoms with Gasteiger partial charge in [0.1, 0.15) is 0 Å². The van der Waals surface area contributed by atoms with E-state index in [1.165, 1.54) is 21.8 Å². The third-order valence-corrected chi connectivity index (χ3v) is 5.92. The second-order valence-electron chi connectivity index (χ2n) is 6.78. The van der Waals surface area contributed by atoms with Crippen molar-refractivity contribution in [3.8, 4) is 11.5 Å². The van der Waals surface area contributed by atoms with E-state index in [0.29, 0.717) is 22.3 Å². The molecular formula is C20H24N2O4S. The molecule has 0 saturated heterocycles. The van der Waals surface area contributed by atoms with Crippen molar-refractivity contribution in [2.75, 3.05) is 14.2 Å². The highest BCUT2D eigenvalue weighted by atomic mass is 32.1. The molecule has 1 aromatic carbocycles. The second-order valence-corrected chi connectivity index (χ2v) is 7.91. The molecule has 3 rings (SSSR count). The summed E-state index contributed by atoms with van der Waals surface area (Å²) in [5.41, 5.74) is 7.02. The Kier molecular flexibility index (Phi) is 6.01. The van der Waals surface area contributed by atoms with Gasteiger partial charge in [-0.1, -0.05) is 13.0 Å². The first-order valence-corrected chi connectivity index (χ1v) is 9.73. The van der Waals surface area contributed by atoms with Crippen molar-refractivity contribution in [1.82, 2.24) is 10.9 Å². The van der Waals surface area contributed by atoms with Gasteiger partial charge in [0.15, 0.2) is 11.5 Å². The minimum atomic E-state index is -0.300. The first kappa shape index (κ1) is 19.2. The molecule has 0 aliphatic heterocycles. The Labute approximate surface area is 162 Å². The number of hydrogen-bond acceptors (Lipinski definition) is 5. The number of amides is 2. The molecule has 144 valence electrons. The summed E-state index contributed by atoms with van der Waals surface area (Å²) in [5.74, 6) is 1.24. The molecule has 2 N–H and O–H groups in total. The highest BCUT2D eigenvalue weighted by Gasteiger charge is 2.21. The Bertz CT molecular complexity index is 847. The minimum Gasteiger partial charge on any atom is -0.493 e. The third kappa shape index (κ3) is 4.60.